The van der Waals surface area contributed by atoms with Gasteiger partial charge in [-0.2, -0.15) is 0 Å². The van der Waals surface area contributed by atoms with Crippen LogP contribution in [0.2, 0.25) is 0 Å². The number of fused-ring (bicyclic) bond motifs is 3. The van der Waals surface area contributed by atoms with E-state index in [2.05, 4.69) is 0 Å². The van der Waals surface area contributed by atoms with E-state index in [9.17, 15) is 9.90 Å². The van der Waals surface area contributed by atoms with Gasteiger partial charge in [0.1, 0.15) is 5.60 Å². The number of benzene rings is 1. The maximum absolute atomic E-state index is 12.1. The monoisotopic (exact) mass is 202 g/mol. The normalized spacial score (nSPS) is 33.7. The summed E-state index contributed by atoms with van der Waals surface area (Å²) in [5, 5.41) is 10.5. The van der Waals surface area contributed by atoms with Gasteiger partial charge in [0.2, 0.25) is 0 Å². The Bertz CT molecular complexity index is 424. The van der Waals surface area contributed by atoms with Crippen molar-refractivity contribution in [2.24, 2.45) is 0 Å². The van der Waals surface area contributed by atoms with Crippen molar-refractivity contribution in [3.63, 3.8) is 0 Å². The van der Waals surface area contributed by atoms with Gasteiger partial charge in [-0.15, -0.1) is 0 Å². The molecule has 0 heterocycles. The fourth-order valence-electron chi connectivity index (χ4n) is 3.08. The smallest absolute Gasteiger partial charge is 0.195 e. The second-order valence-corrected chi connectivity index (χ2v) is 4.64. The van der Waals surface area contributed by atoms with Gasteiger partial charge < -0.3 is 5.11 Å². The summed E-state index contributed by atoms with van der Waals surface area (Å²) in [5.41, 5.74) is 0.721. The van der Waals surface area contributed by atoms with Crippen molar-refractivity contribution in [3.05, 3.63) is 35.4 Å². The van der Waals surface area contributed by atoms with Gasteiger partial charge in [-0.3, -0.25) is 4.79 Å². The summed E-state index contributed by atoms with van der Waals surface area (Å²) in [4.78, 5) is 12.1. The number of aliphatic hydroxyl groups is 1. The molecule has 78 valence electrons. The lowest BCUT2D eigenvalue weighted by Crippen LogP contribution is -2.41. The molecule has 1 N–H and O–H groups in total. The highest BCUT2D eigenvalue weighted by atomic mass is 16.3. The maximum Gasteiger partial charge on any atom is 0.195 e. The molecule has 1 fully saturated rings. The lowest BCUT2D eigenvalue weighted by atomic mass is 9.75. The third kappa shape index (κ3) is 1.06. The van der Waals surface area contributed by atoms with Crippen molar-refractivity contribution in [1.29, 1.82) is 0 Å². The van der Waals surface area contributed by atoms with Gasteiger partial charge in [0, 0.05) is 11.5 Å². The molecule has 0 spiro atoms. The van der Waals surface area contributed by atoms with E-state index in [0.29, 0.717) is 6.42 Å². The summed E-state index contributed by atoms with van der Waals surface area (Å²) in [5.74, 6) is -0.00208. The van der Waals surface area contributed by atoms with Crippen molar-refractivity contribution < 1.29 is 9.90 Å². The Morgan fingerprint density at radius 3 is 2.93 bits per heavy atom. The fraction of sp³-hybridized carbons (Fsp3) is 0.462. The summed E-state index contributed by atoms with van der Waals surface area (Å²) < 4.78 is 0. The van der Waals surface area contributed by atoms with Crippen molar-refractivity contribution >= 4 is 5.78 Å². The highest BCUT2D eigenvalue weighted by Crippen LogP contribution is 2.49. The van der Waals surface area contributed by atoms with E-state index in [1.807, 2.05) is 24.3 Å². The second-order valence-electron chi connectivity index (χ2n) is 4.64. The Morgan fingerprint density at radius 1 is 1.27 bits per heavy atom. The van der Waals surface area contributed by atoms with E-state index in [1.54, 1.807) is 0 Å². The molecule has 0 unspecified atom stereocenters. The summed E-state index contributed by atoms with van der Waals surface area (Å²) >= 11 is 0. The lowest BCUT2D eigenvalue weighted by Gasteiger charge is -2.33. The van der Waals surface area contributed by atoms with E-state index in [0.717, 1.165) is 30.4 Å². The average Bonchev–Trinajstić information content (AvgIpc) is 2.50. The molecular formula is C13H14O2. The van der Waals surface area contributed by atoms with Crippen LogP contribution < -0.4 is 0 Å². The van der Waals surface area contributed by atoms with Crippen LogP contribution in [0.25, 0.3) is 0 Å². The molecule has 0 radical (unpaired) electrons. The zero-order valence-electron chi connectivity index (χ0n) is 8.57. The minimum Gasteiger partial charge on any atom is -0.381 e. The molecule has 1 aromatic carbocycles. The fourth-order valence-corrected chi connectivity index (χ4v) is 3.08. The van der Waals surface area contributed by atoms with Crippen LogP contribution in [0.4, 0.5) is 0 Å². The molecule has 0 aliphatic heterocycles. The molecule has 2 aliphatic carbocycles. The van der Waals surface area contributed by atoms with Crippen molar-refractivity contribution in [1.82, 2.24) is 0 Å². The summed E-state index contributed by atoms with van der Waals surface area (Å²) in [7, 11) is 0. The molecule has 2 aliphatic rings. The minimum atomic E-state index is -1.08. The highest BCUT2D eigenvalue weighted by molar-refractivity contribution is 6.07. The molecule has 0 aromatic heterocycles. The highest BCUT2D eigenvalue weighted by Gasteiger charge is 2.52. The number of hydrogen-bond donors (Lipinski definition) is 1. The molecule has 2 nitrogen and oxygen atoms in total. The molecule has 1 aromatic rings. The van der Waals surface area contributed by atoms with E-state index in [4.69, 9.17) is 0 Å². The molecule has 2 heteroatoms. The lowest BCUT2D eigenvalue weighted by molar-refractivity contribution is 0.00496. The van der Waals surface area contributed by atoms with Gasteiger partial charge in [-0.25, -0.2) is 0 Å². The van der Waals surface area contributed by atoms with Crippen LogP contribution in [0.1, 0.15) is 47.5 Å². The molecule has 0 bridgehead atoms. The van der Waals surface area contributed by atoms with Crippen LogP contribution in [-0.4, -0.2) is 16.5 Å². The molecule has 1 saturated carbocycles. The Kier molecular flexibility index (Phi) is 1.77. The Morgan fingerprint density at radius 2 is 2.07 bits per heavy atom. The van der Waals surface area contributed by atoms with Gasteiger partial charge in [0.05, 0.1) is 0 Å². The topological polar surface area (TPSA) is 37.3 Å². The number of carbonyl (C=O) groups is 1. The van der Waals surface area contributed by atoms with Crippen LogP contribution >= 0.6 is 0 Å². The third-order valence-corrected chi connectivity index (χ3v) is 3.85. The average molecular weight is 202 g/mol. The SMILES string of the molecule is O=C1c2ccccc2[C@@H]2CCCC[C@]12O. The first-order valence-corrected chi connectivity index (χ1v) is 5.59. The van der Waals surface area contributed by atoms with Gasteiger partial charge in [0.25, 0.3) is 0 Å². The summed E-state index contributed by atoms with van der Waals surface area (Å²) in [6.07, 6.45) is 3.66. The first-order chi connectivity index (χ1) is 7.23. The van der Waals surface area contributed by atoms with Crippen LogP contribution in [0.3, 0.4) is 0 Å². The first kappa shape index (κ1) is 9.10. The van der Waals surface area contributed by atoms with Gasteiger partial charge >= 0.3 is 0 Å². The number of ketones is 1. The second kappa shape index (κ2) is 2.92. The molecule has 2 atom stereocenters. The number of Topliss-reactive ketones (excluding diaryl/α,β-unsaturated/α-hetero) is 1. The summed E-state index contributed by atoms with van der Waals surface area (Å²) in [6, 6.07) is 7.65. The number of rotatable bonds is 0. The third-order valence-electron chi connectivity index (χ3n) is 3.85. The van der Waals surface area contributed by atoms with E-state index in [-0.39, 0.29) is 11.7 Å². The predicted molar refractivity (Wildman–Crippen MR) is 56.9 cm³/mol. The largest absolute Gasteiger partial charge is 0.381 e. The van der Waals surface area contributed by atoms with E-state index >= 15 is 0 Å². The van der Waals surface area contributed by atoms with Crippen LogP contribution in [-0.2, 0) is 0 Å². The molecule has 15 heavy (non-hydrogen) atoms. The van der Waals surface area contributed by atoms with Gasteiger partial charge in [0.15, 0.2) is 5.78 Å². The number of carbonyl (C=O) groups excluding carboxylic acids is 1. The van der Waals surface area contributed by atoms with Gasteiger partial charge in [-0.05, 0) is 18.4 Å². The molecule has 3 rings (SSSR count). The van der Waals surface area contributed by atoms with Gasteiger partial charge in [-0.1, -0.05) is 37.1 Å². The van der Waals surface area contributed by atoms with E-state index < -0.39 is 5.60 Å². The Labute approximate surface area is 88.9 Å². The van der Waals surface area contributed by atoms with Crippen LogP contribution in [0, 0.1) is 0 Å². The number of hydrogen-bond acceptors (Lipinski definition) is 2. The Balaban J connectivity index is 2.18. The summed E-state index contributed by atoms with van der Waals surface area (Å²) in [6.45, 7) is 0. The van der Waals surface area contributed by atoms with Crippen molar-refractivity contribution in [2.75, 3.05) is 0 Å². The maximum atomic E-state index is 12.1. The molecule has 0 saturated heterocycles. The minimum absolute atomic E-state index is 0.0509. The van der Waals surface area contributed by atoms with Crippen LogP contribution in [0.5, 0.6) is 0 Å². The first-order valence-electron chi connectivity index (χ1n) is 5.59. The quantitative estimate of drug-likeness (QED) is 0.700. The standard InChI is InChI=1S/C13H14O2/c14-12-10-6-2-1-5-9(10)11-7-3-4-8-13(11,12)15/h1-2,5-6,11,15H,3-4,7-8H2/t11-,13+/m0/s1. The molecular weight excluding hydrogens is 188 g/mol. The van der Waals surface area contributed by atoms with Crippen molar-refractivity contribution in [3.8, 4) is 0 Å². The van der Waals surface area contributed by atoms with Crippen molar-refractivity contribution in [2.45, 2.75) is 37.2 Å². The van der Waals surface area contributed by atoms with Crippen LogP contribution in [0.15, 0.2) is 24.3 Å². The molecule has 0 amide bonds. The van der Waals surface area contributed by atoms with E-state index in [1.165, 1.54) is 0 Å². The zero-order chi connectivity index (χ0) is 10.5. The zero-order valence-corrected chi connectivity index (χ0v) is 8.57. The Hall–Kier alpha value is -1.15. The predicted octanol–water partition coefficient (Wildman–Crippen LogP) is 2.27.